The Labute approximate surface area is 233 Å². The van der Waals surface area contributed by atoms with E-state index >= 15 is 0 Å². The van der Waals surface area contributed by atoms with Crippen molar-refractivity contribution in [2.24, 2.45) is 0 Å². The van der Waals surface area contributed by atoms with Crippen LogP contribution in [0.1, 0.15) is 154 Å². The smallest absolute Gasteiger partial charge is 0.317 e. The third-order valence-electron chi connectivity index (χ3n) is 7.10. The van der Waals surface area contributed by atoms with E-state index in [0.29, 0.717) is 6.61 Å². The number of hydrogen-bond donors (Lipinski definition) is 1. The molecule has 5 nitrogen and oxygen atoms in total. The molecule has 1 aromatic carbocycles. The molecule has 0 radical (unpaired) electrons. The van der Waals surface area contributed by atoms with Crippen molar-refractivity contribution in [3.8, 4) is 0 Å². The Bertz CT molecular complexity index is 765. The minimum absolute atomic E-state index is 0.0298. The molecule has 0 bridgehead atoms. The van der Waals surface area contributed by atoms with Gasteiger partial charge in [0.2, 0.25) is 0 Å². The number of carbonyl (C=O) groups excluding carboxylic acids is 2. The lowest BCUT2D eigenvalue weighted by Gasteiger charge is -2.23. The number of aliphatic hydroxyl groups excluding tert-OH is 1. The fourth-order valence-electron chi connectivity index (χ4n) is 4.77. The predicted molar refractivity (Wildman–Crippen MR) is 156 cm³/mol. The summed E-state index contributed by atoms with van der Waals surface area (Å²) in [5, 5.41) is 9.57. The highest BCUT2D eigenvalue weighted by Crippen LogP contribution is 2.27. The number of benzene rings is 1. The molecule has 5 heteroatoms. The van der Waals surface area contributed by atoms with Gasteiger partial charge in [-0.05, 0) is 28.5 Å². The lowest BCUT2D eigenvalue weighted by molar-refractivity contribution is -0.155. The van der Waals surface area contributed by atoms with Crippen molar-refractivity contribution in [1.82, 2.24) is 0 Å². The van der Waals surface area contributed by atoms with Crippen molar-refractivity contribution in [2.45, 2.75) is 155 Å². The van der Waals surface area contributed by atoms with Gasteiger partial charge in [0, 0.05) is 0 Å². The van der Waals surface area contributed by atoms with Gasteiger partial charge in [-0.1, -0.05) is 142 Å². The van der Waals surface area contributed by atoms with Crippen molar-refractivity contribution in [2.75, 3.05) is 6.61 Å². The van der Waals surface area contributed by atoms with Crippen LogP contribution in [-0.2, 0) is 37.7 Å². The monoisotopic (exact) mass is 532 g/mol. The van der Waals surface area contributed by atoms with Crippen LogP contribution in [-0.4, -0.2) is 23.7 Å². The first kappa shape index (κ1) is 34.1. The molecule has 0 unspecified atom stereocenters. The number of carbonyl (C=O) groups is 2. The zero-order valence-corrected chi connectivity index (χ0v) is 25.0. The largest absolute Gasteiger partial charge is 0.465 e. The van der Waals surface area contributed by atoms with Gasteiger partial charge < -0.3 is 14.6 Å². The normalized spacial score (nSPS) is 11.5. The molecule has 0 aliphatic heterocycles. The average molecular weight is 533 g/mol. The van der Waals surface area contributed by atoms with Gasteiger partial charge in [0.15, 0.2) is 0 Å². The van der Waals surface area contributed by atoms with Crippen LogP contribution in [0, 0.1) is 0 Å². The average Bonchev–Trinajstić information content (AvgIpc) is 2.88. The van der Waals surface area contributed by atoms with E-state index in [1.165, 1.54) is 89.9 Å². The second kappa shape index (κ2) is 21.0. The zero-order valence-electron chi connectivity index (χ0n) is 25.0. The Hall–Kier alpha value is -1.88. The van der Waals surface area contributed by atoms with Crippen LogP contribution in [0.25, 0.3) is 0 Å². The number of aliphatic hydroxyl groups is 1. The SMILES string of the molecule is CCCCCCCCCCCCCCCCCCOC(=O)CC(=O)OCc1ccc(CO)c(C(C)(C)C)c1. The van der Waals surface area contributed by atoms with E-state index in [-0.39, 0.29) is 25.0 Å². The molecule has 0 spiro atoms. The highest BCUT2D eigenvalue weighted by atomic mass is 16.6. The van der Waals surface area contributed by atoms with Crippen molar-refractivity contribution in [3.63, 3.8) is 0 Å². The predicted octanol–water partition coefficient (Wildman–Crippen LogP) is 8.71. The van der Waals surface area contributed by atoms with E-state index in [9.17, 15) is 14.7 Å². The summed E-state index contributed by atoms with van der Waals surface area (Å²) in [6.07, 6.45) is 20.5. The van der Waals surface area contributed by atoms with Crippen LogP contribution >= 0.6 is 0 Å². The second-order valence-corrected chi connectivity index (χ2v) is 11.8. The fraction of sp³-hybridized carbons (Fsp3) is 0.758. The van der Waals surface area contributed by atoms with Crippen LogP contribution in [0.4, 0.5) is 0 Å². The van der Waals surface area contributed by atoms with E-state index in [1.807, 2.05) is 18.2 Å². The number of hydrogen-bond acceptors (Lipinski definition) is 5. The summed E-state index contributed by atoms with van der Waals surface area (Å²) in [5.74, 6) is -1.10. The molecule has 0 aliphatic rings. The maximum absolute atomic E-state index is 12.1. The van der Waals surface area contributed by atoms with Crippen molar-refractivity contribution >= 4 is 11.9 Å². The minimum Gasteiger partial charge on any atom is -0.465 e. The summed E-state index contributed by atoms with van der Waals surface area (Å²) < 4.78 is 10.5. The van der Waals surface area contributed by atoms with Gasteiger partial charge in [-0.25, -0.2) is 0 Å². The number of rotatable bonds is 22. The molecule has 0 heterocycles. The molecule has 1 aromatic rings. The van der Waals surface area contributed by atoms with Gasteiger partial charge in [-0.2, -0.15) is 0 Å². The fourth-order valence-corrected chi connectivity index (χ4v) is 4.77. The molecule has 0 saturated heterocycles. The molecule has 0 atom stereocenters. The summed E-state index contributed by atoms with van der Waals surface area (Å²) in [5.41, 5.74) is 2.59. The molecule has 0 aliphatic carbocycles. The molecule has 218 valence electrons. The van der Waals surface area contributed by atoms with Gasteiger partial charge in [-0.3, -0.25) is 9.59 Å². The molecule has 1 N–H and O–H groups in total. The standard InChI is InChI=1S/C33H56O5/c1-5-6-7-8-9-10-11-12-13-14-15-16-17-18-19-20-23-37-31(35)25-32(36)38-27-28-21-22-29(26-34)30(24-28)33(2,3)4/h21-22,24,34H,5-20,23,25-27H2,1-4H3. The van der Waals surface area contributed by atoms with Crippen LogP contribution in [0.3, 0.4) is 0 Å². The van der Waals surface area contributed by atoms with E-state index in [4.69, 9.17) is 9.47 Å². The first-order valence-electron chi connectivity index (χ1n) is 15.3. The zero-order chi connectivity index (χ0) is 28.1. The lowest BCUT2D eigenvalue weighted by atomic mass is 9.83. The number of esters is 2. The van der Waals surface area contributed by atoms with E-state index in [2.05, 4.69) is 27.7 Å². The van der Waals surface area contributed by atoms with E-state index in [1.54, 1.807) is 0 Å². The van der Waals surface area contributed by atoms with Gasteiger partial charge in [0.25, 0.3) is 0 Å². The number of unbranched alkanes of at least 4 members (excludes halogenated alkanes) is 15. The number of ether oxygens (including phenoxy) is 2. The van der Waals surface area contributed by atoms with Crippen LogP contribution in [0.2, 0.25) is 0 Å². The van der Waals surface area contributed by atoms with Gasteiger partial charge in [0.1, 0.15) is 13.0 Å². The second-order valence-electron chi connectivity index (χ2n) is 11.8. The van der Waals surface area contributed by atoms with E-state index in [0.717, 1.165) is 29.5 Å². The van der Waals surface area contributed by atoms with Crippen molar-refractivity contribution in [3.05, 3.63) is 34.9 Å². The molecule has 0 aromatic heterocycles. The molecular formula is C33H56O5. The Morgan fingerprint density at radius 3 is 1.66 bits per heavy atom. The Balaban J connectivity index is 2.00. The van der Waals surface area contributed by atoms with Crippen molar-refractivity contribution < 1.29 is 24.2 Å². The first-order chi connectivity index (χ1) is 18.3. The molecule has 0 amide bonds. The summed E-state index contributed by atoms with van der Waals surface area (Å²) >= 11 is 0. The van der Waals surface area contributed by atoms with Gasteiger partial charge in [-0.15, -0.1) is 0 Å². The van der Waals surface area contributed by atoms with E-state index < -0.39 is 11.9 Å². The summed E-state index contributed by atoms with van der Waals surface area (Å²) in [7, 11) is 0. The van der Waals surface area contributed by atoms with Crippen LogP contribution in [0.15, 0.2) is 18.2 Å². The highest BCUT2D eigenvalue weighted by Gasteiger charge is 2.19. The lowest BCUT2D eigenvalue weighted by Crippen LogP contribution is -2.16. The highest BCUT2D eigenvalue weighted by molar-refractivity contribution is 5.91. The molecule has 38 heavy (non-hydrogen) atoms. The van der Waals surface area contributed by atoms with Crippen LogP contribution in [0.5, 0.6) is 0 Å². The van der Waals surface area contributed by atoms with Gasteiger partial charge in [0.05, 0.1) is 13.2 Å². The Morgan fingerprint density at radius 2 is 1.18 bits per heavy atom. The Kier molecular flexibility index (Phi) is 18.9. The molecule has 0 fully saturated rings. The summed E-state index contributed by atoms with van der Waals surface area (Å²) in [6.45, 7) is 8.93. The maximum Gasteiger partial charge on any atom is 0.317 e. The summed E-state index contributed by atoms with van der Waals surface area (Å²) in [4.78, 5) is 24.0. The third-order valence-corrected chi connectivity index (χ3v) is 7.10. The topological polar surface area (TPSA) is 72.8 Å². The quantitative estimate of drug-likeness (QED) is 0.0918. The molecule has 1 rings (SSSR count). The van der Waals surface area contributed by atoms with Gasteiger partial charge >= 0.3 is 11.9 Å². The third kappa shape index (κ3) is 16.9. The maximum atomic E-state index is 12.1. The molecular weight excluding hydrogens is 476 g/mol. The Morgan fingerprint density at radius 1 is 0.711 bits per heavy atom. The summed E-state index contributed by atoms with van der Waals surface area (Å²) in [6, 6.07) is 5.65. The van der Waals surface area contributed by atoms with Crippen molar-refractivity contribution in [1.29, 1.82) is 0 Å². The van der Waals surface area contributed by atoms with Crippen LogP contribution < -0.4 is 0 Å². The minimum atomic E-state index is -0.578. The first-order valence-corrected chi connectivity index (χ1v) is 15.3. The molecule has 0 saturated carbocycles.